The van der Waals surface area contributed by atoms with Crippen molar-refractivity contribution in [2.45, 2.75) is 49.2 Å². The molecule has 1 aromatic carbocycles. The van der Waals surface area contributed by atoms with E-state index in [9.17, 15) is 14.1 Å². The summed E-state index contributed by atoms with van der Waals surface area (Å²) in [5.74, 6) is -1.77. The number of carboxylic acids is 1. The summed E-state index contributed by atoms with van der Waals surface area (Å²) < 4.78 is 23.7. The second kappa shape index (κ2) is 6.25. The normalized spacial score (nSPS) is 23.7. The van der Waals surface area contributed by atoms with Crippen LogP contribution < -0.4 is 5.11 Å². The Kier molecular flexibility index (Phi) is 4.81. The molecule has 1 saturated heterocycles. The van der Waals surface area contributed by atoms with Crippen LogP contribution in [0.4, 0.5) is 0 Å². The van der Waals surface area contributed by atoms with Crippen molar-refractivity contribution in [1.82, 2.24) is 0 Å². The van der Waals surface area contributed by atoms with Gasteiger partial charge in [0.25, 0.3) is 0 Å². The zero-order chi connectivity index (χ0) is 15.6. The first-order valence-electron chi connectivity index (χ1n) is 6.79. The lowest BCUT2D eigenvalue weighted by molar-refractivity contribution is -0.304. The van der Waals surface area contributed by atoms with Crippen molar-refractivity contribution < 1.29 is 23.6 Å². The lowest BCUT2D eigenvalue weighted by Gasteiger charge is -2.21. The number of carbonyl (C=O) groups excluding carboxylic acids is 1. The Morgan fingerprint density at radius 1 is 1.43 bits per heavy atom. The van der Waals surface area contributed by atoms with Crippen molar-refractivity contribution in [3.8, 4) is 0 Å². The maximum absolute atomic E-state index is 12.5. The molecule has 0 radical (unpaired) electrons. The summed E-state index contributed by atoms with van der Waals surface area (Å²) >= 11 is 0. The number of carbonyl (C=O) groups is 1. The summed E-state index contributed by atoms with van der Waals surface area (Å²) in [6.07, 6.45) is -0.361. The average Bonchev–Trinajstić information content (AvgIpc) is 2.77. The van der Waals surface area contributed by atoms with Crippen molar-refractivity contribution in [2.75, 3.05) is 6.61 Å². The van der Waals surface area contributed by atoms with E-state index >= 15 is 0 Å². The van der Waals surface area contributed by atoms with Gasteiger partial charge in [-0.25, -0.2) is 0 Å². The highest BCUT2D eigenvalue weighted by Crippen LogP contribution is 2.27. The SMILES string of the molecule is CC(C1COC(C)(C)O1)S(=O)c1ccc(CC(=O)[O-])cc1. The molecule has 1 aromatic rings. The number of ether oxygens (including phenoxy) is 2. The first-order chi connectivity index (χ1) is 9.78. The number of aliphatic carboxylic acids is 1. The van der Waals surface area contributed by atoms with E-state index in [4.69, 9.17) is 9.47 Å². The topological polar surface area (TPSA) is 75.7 Å². The van der Waals surface area contributed by atoms with Crippen molar-refractivity contribution in [1.29, 1.82) is 0 Å². The van der Waals surface area contributed by atoms with Crippen LogP contribution in [0.25, 0.3) is 0 Å². The number of carboxylic acid groups (broad SMARTS) is 1. The lowest BCUT2D eigenvalue weighted by atomic mass is 10.2. The van der Waals surface area contributed by atoms with Crippen molar-refractivity contribution >= 4 is 16.8 Å². The highest BCUT2D eigenvalue weighted by molar-refractivity contribution is 7.85. The van der Waals surface area contributed by atoms with Gasteiger partial charge in [0, 0.05) is 17.3 Å². The summed E-state index contributed by atoms with van der Waals surface area (Å²) in [6, 6.07) is 6.69. The lowest BCUT2D eigenvalue weighted by Crippen LogP contribution is -2.31. The van der Waals surface area contributed by atoms with Crippen LogP contribution in [0.1, 0.15) is 26.3 Å². The molecular formula is C15H19O5S-. The molecule has 3 unspecified atom stereocenters. The van der Waals surface area contributed by atoms with Gasteiger partial charge in [0.15, 0.2) is 5.79 Å². The van der Waals surface area contributed by atoms with Gasteiger partial charge in [-0.05, 0) is 38.5 Å². The molecule has 3 atom stereocenters. The van der Waals surface area contributed by atoms with Crippen LogP contribution >= 0.6 is 0 Å². The van der Waals surface area contributed by atoms with Crippen molar-refractivity contribution in [3.05, 3.63) is 29.8 Å². The molecule has 6 heteroatoms. The van der Waals surface area contributed by atoms with E-state index in [1.54, 1.807) is 24.3 Å². The highest BCUT2D eigenvalue weighted by Gasteiger charge is 2.38. The van der Waals surface area contributed by atoms with Gasteiger partial charge in [0.05, 0.1) is 28.8 Å². The minimum atomic E-state index is -1.24. The minimum absolute atomic E-state index is 0.143. The van der Waals surface area contributed by atoms with Crippen LogP contribution in [-0.2, 0) is 31.5 Å². The van der Waals surface area contributed by atoms with Gasteiger partial charge in [0.1, 0.15) is 0 Å². The van der Waals surface area contributed by atoms with Gasteiger partial charge in [0.2, 0.25) is 0 Å². The predicted molar refractivity (Wildman–Crippen MR) is 75.9 cm³/mol. The standard InChI is InChI=1S/C15H20O5S/c1-10(13-9-19-15(2,3)20-13)21(18)12-6-4-11(5-7-12)8-14(16)17/h4-7,10,13H,8-9H2,1-3H3,(H,16,17)/p-1. The molecule has 1 fully saturated rings. The van der Waals surface area contributed by atoms with E-state index in [1.807, 2.05) is 20.8 Å². The molecule has 2 rings (SSSR count). The zero-order valence-corrected chi connectivity index (χ0v) is 13.1. The van der Waals surface area contributed by atoms with Gasteiger partial charge in [-0.1, -0.05) is 12.1 Å². The molecule has 0 spiro atoms. The molecule has 1 aliphatic rings. The number of hydrogen-bond donors (Lipinski definition) is 0. The number of hydrogen-bond acceptors (Lipinski definition) is 5. The molecule has 116 valence electrons. The van der Waals surface area contributed by atoms with Gasteiger partial charge in [-0.3, -0.25) is 4.21 Å². The van der Waals surface area contributed by atoms with E-state index in [2.05, 4.69) is 0 Å². The minimum Gasteiger partial charge on any atom is -0.550 e. The summed E-state index contributed by atoms with van der Waals surface area (Å²) in [5, 5.41) is 10.3. The fourth-order valence-corrected chi connectivity index (χ4v) is 3.45. The number of benzene rings is 1. The molecule has 21 heavy (non-hydrogen) atoms. The second-order valence-corrected chi connectivity index (χ2v) is 7.37. The third-order valence-electron chi connectivity index (χ3n) is 3.40. The molecular weight excluding hydrogens is 292 g/mol. The van der Waals surface area contributed by atoms with E-state index in [0.717, 1.165) is 0 Å². The first-order valence-corrected chi connectivity index (χ1v) is 8.01. The molecule has 0 aromatic heterocycles. The summed E-state index contributed by atoms with van der Waals surface area (Å²) in [7, 11) is -1.24. The Morgan fingerprint density at radius 3 is 2.52 bits per heavy atom. The maximum Gasteiger partial charge on any atom is 0.163 e. The quantitative estimate of drug-likeness (QED) is 0.797. The smallest absolute Gasteiger partial charge is 0.163 e. The van der Waals surface area contributed by atoms with E-state index in [-0.39, 0.29) is 17.8 Å². The van der Waals surface area contributed by atoms with Gasteiger partial charge >= 0.3 is 0 Å². The van der Waals surface area contributed by atoms with Crippen molar-refractivity contribution in [2.24, 2.45) is 0 Å². The second-order valence-electron chi connectivity index (χ2n) is 5.56. The largest absolute Gasteiger partial charge is 0.550 e. The van der Waals surface area contributed by atoms with Crippen LogP contribution in [0.5, 0.6) is 0 Å². The summed E-state index contributed by atoms with van der Waals surface area (Å²) in [6.45, 7) is 5.94. The molecule has 1 aliphatic heterocycles. The molecule has 0 N–H and O–H groups in total. The Bertz CT molecular complexity index is 537. The van der Waals surface area contributed by atoms with Crippen LogP contribution in [0.2, 0.25) is 0 Å². The molecule has 0 bridgehead atoms. The monoisotopic (exact) mass is 311 g/mol. The van der Waals surface area contributed by atoms with E-state index < -0.39 is 22.6 Å². The third-order valence-corrected chi connectivity index (χ3v) is 5.11. The fourth-order valence-electron chi connectivity index (χ4n) is 2.21. The van der Waals surface area contributed by atoms with Gasteiger partial charge < -0.3 is 19.4 Å². The average molecular weight is 311 g/mol. The Morgan fingerprint density at radius 2 is 2.05 bits per heavy atom. The Balaban J connectivity index is 2.04. The maximum atomic E-state index is 12.5. The highest BCUT2D eigenvalue weighted by atomic mass is 32.2. The Labute approximate surface area is 126 Å². The zero-order valence-electron chi connectivity index (χ0n) is 12.3. The van der Waals surface area contributed by atoms with Gasteiger partial charge in [-0.15, -0.1) is 0 Å². The van der Waals surface area contributed by atoms with Crippen LogP contribution in [0, 0.1) is 0 Å². The molecule has 0 amide bonds. The Hall–Kier alpha value is -1.24. The first kappa shape index (κ1) is 16.1. The van der Waals surface area contributed by atoms with Crippen LogP contribution in [-0.4, -0.2) is 33.9 Å². The van der Waals surface area contributed by atoms with Crippen LogP contribution in [0.3, 0.4) is 0 Å². The van der Waals surface area contributed by atoms with Gasteiger partial charge in [-0.2, -0.15) is 0 Å². The van der Waals surface area contributed by atoms with Crippen molar-refractivity contribution in [3.63, 3.8) is 0 Å². The van der Waals surface area contributed by atoms with Crippen LogP contribution in [0.15, 0.2) is 29.2 Å². The van der Waals surface area contributed by atoms with E-state index in [0.29, 0.717) is 17.1 Å². The molecule has 5 nitrogen and oxygen atoms in total. The summed E-state index contributed by atoms with van der Waals surface area (Å²) in [5.41, 5.74) is 0.630. The van der Waals surface area contributed by atoms with E-state index in [1.165, 1.54) is 0 Å². The molecule has 1 heterocycles. The predicted octanol–water partition coefficient (Wildman–Crippen LogP) is 0.627. The molecule has 0 saturated carbocycles. The third kappa shape index (κ3) is 4.12. The summed E-state index contributed by atoms with van der Waals surface area (Å²) in [4.78, 5) is 11.2. The number of rotatable bonds is 5. The fraction of sp³-hybridized carbons (Fsp3) is 0.533. The molecule has 0 aliphatic carbocycles.